The number of pyridine rings is 1. The monoisotopic (exact) mass is 355 g/mol. The van der Waals surface area contributed by atoms with Gasteiger partial charge in [0.15, 0.2) is 0 Å². The van der Waals surface area contributed by atoms with E-state index in [0.717, 1.165) is 5.56 Å². The van der Waals surface area contributed by atoms with Crippen molar-refractivity contribution in [3.63, 3.8) is 0 Å². The largest absolute Gasteiger partial charge is 0.380 e. The quantitative estimate of drug-likeness (QED) is 0.695. The predicted molar refractivity (Wildman–Crippen MR) is 97.4 cm³/mol. The molecule has 0 aliphatic rings. The van der Waals surface area contributed by atoms with Crippen LogP contribution in [0, 0.1) is 5.82 Å². The molecule has 0 atom stereocenters. The Morgan fingerprint density at radius 3 is 2.60 bits per heavy atom. The van der Waals surface area contributed by atoms with Gasteiger partial charge in [0.25, 0.3) is 5.91 Å². The highest BCUT2D eigenvalue weighted by Crippen LogP contribution is 2.21. The molecule has 2 aromatic carbocycles. The molecule has 0 unspecified atom stereocenters. The van der Waals surface area contributed by atoms with E-state index in [-0.39, 0.29) is 11.7 Å². The Balaban J connectivity index is 1.67. The minimum Gasteiger partial charge on any atom is -0.380 e. The van der Waals surface area contributed by atoms with E-state index in [2.05, 4.69) is 15.6 Å². The average molecular weight is 356 g/mol. The number of carbonyl (C=O) groups is 1. The Bertz CT molecular complexity index is 884. The van der Waals surface area contributed by atoms with Crippen LogP contribution in [-0.4, -0.2) is 10.9 Å². The average Bonchev–Trinajstić information content (AvgIpc) is 2.63. The molecule has 0 radical (unpaired) electrons. The molecule has 0 spiro atoms. The summed E-state index contributed by atoms with van der Waals surface area (Å²) in [5.41, 5.74) is 2.56. The van der Waals surface area contributed by atoms with Crippen LogP contribution in [0.15, 0.2) is 67.0 Å². The molecule has 0 saturated carbocycles. The van der Waals surface area contributed by atoms with Crippen molar-refractivity contribution in [1.82, 2.24) is 4.98 Å². The van der Waals surface area contributed by atoms with Gasteiger partial charge in [-0.2, -0.15) is 0 Å². The molecule has 1 amide bonds. The molecule has 1 heterocycles. The number of aromatic nitrogens is 1. The first-order chi connectivity index (χ1) is 12.1. The second-order valence-electron chi connectivity index (χ2n) is 5.38. The van der Waals surface area contributed by atoms with E-state index in [1.807, 2.05) is 0 Å². The molecule has 0 aliphatic heterocycles. The zero-order valence-electron chi connectivity index (χ0n) is 13.2. The fourth-order valence-corrected chi connectivity index (χ4v) is 2.41. The van der Waals surface area contributed by atoms with Crippen molar-refractivity contribution in [2.75, 3.05) is 10.6 Å². The second kappa shape index (κ2) is 7.77. The zero-order chi connectivity index (χ0) is 17.6. The van der Waals surface area contributed by atoms with E-state index < -0.39 is 0 Å². The van der Waals surface area contributed by atoms with E-state index in [1.165, 1.54) is 18.3 Å². The summed E-state index contributed by atoms with van der Waals surface area (Å²) in [5, 5.41) is 6.38. The molecule has 2 N–H and O–H groups in total. The lowest BCUT2D eigenvalue weighted by atomic mass is 10.2. The topological polar surface area (TPSA) is 54.0 Å². The van der Waals surface area contributed by atoms with Gasteiger partial charge in [0.05, 0.1) is 22.0 Å². The predicted octanol–water partition coefficient (Wildman–Crippen LogP) is 4.74. The Morgan fingerprint density at radius 2 is 1.84 bits per heavy atom. The van der Waals surface area contributed by atoms with Gasteiger partial charge in [-0.05, 0) is 35.9 Å². The van der Waals surface area contributed by atoms with Crippen LogP contribution in [-0.2, 0) is 6.54 Å². The smallest absolute Gasteiger partial charge is 0.257 e. The summed E-state index contributed by atoms with van der Waals surface area (Å²) in [4.78, 5) is 16.4. The van der Waals surface area contributed by atoms with Gasteiger partial charge in [0.2, 0.25) is 0 Å². The zero-order valence-corrected chi connectivity index (χ0v) is 13.9. The Kier molecular flexibility index (Phi) is 5.26. The van der Waals surface area contributed by atoms with Crippen molar-refractivity contribution in [3.8, 4) is 0 Å². The van der Waals surface area contributed by atoms with Gasteiger partial charge in [-0.3, -0.25) is 9.78 Å². The molecule has 0 fully saturated rings. The first-order valence-electron chi connectivity index (χ1n) is 7.61. The molecule has 4 nitrogen and oxygen atoms in total. The maximum absolute atomic E-state index is 12.9. The van der Waals surface area contributed by atoms with Gasteiger partial charge in [0.1, 0.15) is 5.82 Å². The minimum absolute atomic E-state index is 0.274. The highest BCUT2D eigenvalue weighted by molar-refractivity contribution is 6.33. The van der Waals surface area contributed by atoms with Gasteiger partial charge in [0, 0.05) is 18.9 Å². The molecule has 6 heteroatoms. The number of nitrogens with zero attached hydrogens (tertiary/aromatic N) is 1. The molecule has 126 valence electrons. The van der Waals surface area contributed by atoms with Crippen LogP contribution in [0.5, 0.6) is 0 Å². The summed E-state index contributed by atoms with van der Waals surface area (Å²) < 4.78 is 12.9. The third-order valence-electron chi connectivity index (χ3n) is 3.53. The van der Waals surface area contributed by atoms with Crippen LogP contribution in [0.2, 0.25) is 5.02 Å². The lowest BCUT2D eigenvalue weighted by Gasteiger charge is -2.09. The van der Waals surface area contributed by atoms with Crippen molar-refractivity contribution in [3.05, 3.63) is 89.0 Å². The van der Waals surface area contributed by atoms with E-state index >= 15 is 0 Å². The van der Waals surface area contributed by atoms with Crippen molar-refractivity contribution in [2.24, 2.45) is 0 Å². The summed E-state index contributed by atoms with van der Waals surface area (Å²) in [6, 6.07) is 14.9. The first-order valence-corrected chi connectivity index (χ1v) is 7.99. The number of anilines is 2. The summed E-state index contributed by atoms with van der Waals surface area (Å²) in [6.45, 7) is 0.498. The second-order valence-corrected chi connectivity index (χ2v) is 5.78. The molecule has 0 saturated heterocycles. The summed E-state index contributed by atoms with van der Waals surface area (Å²) in [7, 11) is 0. The van der Waals surface area contributed by atoms with Crippen molar-refractivity contribution in [1.29, 1.82) is 0 Å². The molecule has 1 aromatic heterocycles. The van der Waals surface area contributed by atoms with Crippen LogP contribution in [0.4, 0.5) is 15.8 Å². The van der Waals surface area contributed by atoms with Gasteiger partial charge < -0.3 is 10.6 Å². The third kappa shape index (κ3) is 4.55. The van der Waals surface area contributed by atoms with Gasteiger partial charge in [-0.15, -0.1) is 0 Å². The standard InChI is InChI=1S/C19H15ClFN3O/c20-17-3-1-2-4-18(17)24-19(25)14-9-16(12-22-11-14)23-10-13-5-7-15(21)8-6-13/h1-9,11-12,23H,10H2,(H,24,25). The van der Waals surface area contributed by atoms with Crippen LogP contribution >= 0.6 is 11.6 Å². The number of hydrogen-bond acceptors (Lipinski definition) is 3. The minimum atomic E-state index is -0.300. The summed E-state index contributed by atoms with van der Waals surface area (Å²) in [6.07, 6.45) is 3.10. The number of nitrogens with one attached hydrogen (secondary N) is 2. The van der Waals surface area contributed by atoms with Crippen molar-refractivity contribution in [2.45, 2.75) is 6.54 Å². The molecule has 3 aromatic rings. The number of para-hydroxylation sites is 1. The molecule has 0 bridgehead atoms. The van der Waals surface area contributed by atoms with Crippen molar-refractivity contribution < 1.29 is 9.18 Å². The SMILES string of the molecule is O=C(Nc1ccccc1Cl)c1cncc(NCc2ccc(F)cc2)c1. The molecule has 3 rings (SSSR count). The molecular formula is C19H15ClFN3O. The maximum Gasteiger partial charge on any atom is 0.257 e. The Hall–Kier alpha value is -2.92. The third-order valence-corrected chi connectivity index (χ3v) is 3.86. The number of amides is 1. The highest BCUT2D eigenvalue weighted by Gasteiger charge is 2.09. The van der Waals surface area contributed by atoms with Gasteiger partial charge >= 0.3 is 0 Å². The van der Waals surface area contributed by atoms with E-state index in [0.29, 0.717) is 28.5 Å². The van der Waals surface area contributed by atoms with E-state index in [1.54, 1.807) is 48.7 Å². The highest BCUT2D eigenvalue weighted by atomic mass is 35.5. The summed E-state index contributed by atoms with van der Waals surface area (Å²) >= 11 is 6.05. The van der Waals surface area contributed by atoms with Crippen molar-refractivity contribution >= 4 is 28.9 Å². The Morgan fingerprint density at radius 1 is 1.08 bits per heavy atom. The summed E-state index contributed by atoms with van der Waals surface area (Å²) in [5.74, 6) is -0.574. The van der Waals surface area contributed by atoms with Crippen LogP contribution < -0.4 is 10.6 Å². The fraction of sp³-hybridized carbons (Fsp3) is 0.0526. The normalized spacial score (nSPS) is 10.3. The fourth-order valence-electron chi connectivity index (χ4n) is 2.22. The number of hydrogen-bond donors (Lipinski definition) is 2. The number of halogens is 2. The lowest BCUT2D eigenvalue weighted by molar-refractivity contribution is 0.102. The number of carbonyl (C=O) groups excluding carboxylic acids is 1. The van der Waals surface area contributed by atoms with E-state index in [4.69, 9.17) is 11.6 Å². The van der Waals surface area contributed by atoms with Gasteiger partial charge in [-0.25, -0.2) is 4.39 Å². The molecule has 25 heavy (non-hydrogen) atoms. The van der Waals surface area contributed by atoms with Gasteiger partial charge in [-0.1, -0.05) is 35.9 Å². The van der Waals surface area contributed by atoms with Crippen LogP contribution in [0.3, 0.4) is 0 Å². The van der Waals surface area contributed by atoms with Crippen LogP contribution in [0.1, 0.15) is 15.9 Å². The number of benzene rings is 2. The number of rotatable bonds is 5. The molecule has 0 aliphatic carbocycles. The lowest BCUT2D eigenvalue weighted by Crippen LogP contribution is -2.13. The maximum atomic E-state index is 12.9. The molecular weight excluding hydrogens is 341 g/mol. The van der Waals surface area contributed by atoms with E-state index in [9.17, 15) is 9.18 Å². The first kappa shape index (κ1) is 16.9. The van der Waals surface area contributed by atoms with Crippen LogP contribution in [0.25, 0.3) is 0 Å². The Labute approximate surface area is 149 Å².